The van der Waals surface area contributed by atoms with Gasteiger partial charge in [-0.05, 0) is 90.9 Å². The summed E-state index contributed by atoms with van der Waals surface area (Å²) in [4.78, 5) is 56.5. The highest BCUT2D eigenvalue weighted by Crippen LogP contribution is 2.26. The Balaban J connectivity index is 1.61. The fourth-order valence-corrected chi connectivity index (χ4v) is 4.76. The number of carbonyl (C=O) groups is 3. The van der Waals surface area contributed by atoms with Crippen LogP contribution in [-0.2, 0) is 14.3 Å². The van der Waals surface area contributed by atoms with Crippen molar-refractivity contribution in [3.63, 3.8) is 0 Å². The van der Waals surface area contributed by atoms with Crippen LogP contribution in [0.2, 0.25) is 5.02 Å². The molecule has 0 aliphatic rings. The molecule has 3 amide bonds. The number of esters is 1. The van der Waals surface area contributed by atoms with E-state index in [1.807, 2.05) is 0 Å². The van der Waals surface area contributed by atoms with Gasteiger partial charge in [-0.15, -0.1) is 0 Å². The lowest BCUT2D eigenvalue weighted by Crippen LogP contribution is -2.37. The quantitative estimate of drug-likeness (QED) is 0.171. The van der Waals surface area contributed by atoms with E-state index < -0.39 is 40.9 Å². The highest BCUT2D eigenvalue weighted by molar-refractivity contribution is 6.35. The van der Waals surface area contributed by atoms with Crippen molar-refractivity contribution in [2.45, 2.75) is 65.7 Å². The molecule has 4 aromatic rings. The normalized spacial score (nSPS) is 12.2. The van der Waals surface area contributed by atoms with Gasteiger partial charge in [-0.1, -0.05) is 35.9 Å². The first kappa shape index (κ1) is 34.8. The smallest absolute Gasteiger partial charge is 0.408 e. The Kier molecular flexibility index (Phi) is 10.4. The average Bonchev–Trinajstić information content (AvgIpc) is 2.94. The van der Waals surface area contributed by atoms with Crippen molar-refractivity contribution in [1.29, 1.82) is 0 Å². The van der Waals surface area contributed by atoms with Crippen LogP contribution in [0, 0.1) is 0 Å². The molecule has 248 valence electrons. The van der Waals surface area contributed by atoms with Crippen molar-refractivity contribution in [2.75, 3.05) is 17.2 Å². The van der Waals surface area contributed by atoms with E-state index >= 15 is 0 Å². The number of urea groups is 1. The van der Waals surface area contributed by atoms with Crippen molar-refractivity contribution in [3.8, 4) is 11.4 Å². The highest BCUT2D eigenvalue weighted by atomic mass is 35.5. The Morgan fingerprint density at radius 3 is 2.28 bits per heavy atom. The van der Waals surface area contributed by atoms with E-state index in [4.69, 9.17) is 25.8 Å². The summed E-state index contributed by atoms with van der Waals surface area (Å²) in [5.74, 6) is -0.0689. The lowest BCUT2D eigenvalue weighted by molar-refractivity contribution is -0.157. The third kappa shape index (κ3) is 9.46. The third-order valence-electron chi connectivity index (χ3n) is 6.26. The number of anilines is 2. The molecule has 12 nitrogen and oxygen atoms in total. The van der Waals surface area contributed by atoms with Crippen molar-refractivity contribution >= 4 is 52.0 Å². The molecule has 0 fully saturated rings. The number of fused-ring (bicyclic) bond motifs is 1. The second kappa shape index (κ2) is 14.1. The number of nitrogens with one attached hydrogen (secondary N) is 3. The molecule has 0 saturated carbocycles. The molecule has 0 aliphatic carbocycles. The monoisotopic (exact) mass is 663 g/mol. The number of halogens is 1. The zero-order valence-corrected chi connectivity index (χ0v) is 28.0. The molecule has 0 spiro atoms. The zero-order chi connectivity index (χ0) is 34.5. The van der Waals surface area contributed by atoms with Gasteiger partial charge in [0.05, 0.1) is 33.3 Å². The summed E-state index contributed by atoms with van der Waals surface area (Å²) in [5, 5.41) is 8.62. The summed E-state index contributed by atoms with van der Waals surface area (Å²) in [7, 11) is 0. The minimum atomic E-state index is -0.766. The first-order chi connectivity index (χ1) is 22.0. The van der Waals surface area contributed by atoms with Gasteiger partial charge in [0.25, 0.3) is 5.56 Å². The van der Waals surface area contributed by atoms with Gasteiger partial charge in [-0.25, -0.2) is 19.4 Å². The predicted molar refractivity (Wildman–Crippen MR) is 181 cm³/mol. The number of rotatable bonds is 8. The number of aromatic nitrogens is 2. The van der Waals surface area contributed by atoms with Crippen LogP contribution in [-0.4, -0.2) is 45.5 Å². The Hall–Kier alpha value is -5.10. The van der Waals surface area contributed by atoms with Crippen LogP contribution in [0.4, 0.5) is 21.0 Å². The van der Waals surface area contributed by atoms with Crippen molar-refractivity contribution in [2.24, 2.45) is 0 Å². The van der Waals surface area contributed by atoms with Gasteiger partial charge in [0.15, 0.2) is 6.61 Å². The number of benzene rings is 3. The Morgan fingerprint density at radius 1 is 0.894 bits per heavy atom. The van der Waals surface area contributed by atoms with Crippen LogP contribution in [0.5, 0.6) is 5.75 Å². The fraction of sp³-hybridized carbons (Fsp3) is 0.324. The fourth-order valence-electron chi connectivity index (χ4n) is 4.51. The van der Waals surface area contributed by atoms with Gasteiger partial charge in [-0.3, -0.25) is 9.36 Å². The summed E-state index contributed by atoms with van der Waals surface area (Å²) in [6.45, 7) is 11.8. The predicted octanol–water partition coefficient (Wildman–Crippen LogP) is 6.99. The van der Waals surface area contributed by atoms with E-state index in [-0.39, 0.29) is 28.6 Å². The second-order valence-electron chi connectivity index (χ2n) is 12.6. The van der Waals surface area contributed by atoms with E-state index in [0.717, 1.165) is 0 Å². The molecule has 0 bridgehead atoms. The average molecular weight is 664 g/mol. The molecule has 0 saturated heterocycles. The van der Waals surface area contributed by atoms with Gasteiger partial charge in [0, 0.05) is 5.69 Å². The van der Waals surface area contributed by atoms with Crippen molar-refractivity contribution in [3.05, 3.63) is 87.9 Å². The SMILES string of the molecule is C[C@H](NC(=O)OC(C)(C)C)c1nc2cccc(Cl)c2c(=O)n1-c1cccc(NC(=O)Nc2ccccc2OCC(=O)OC(C)(C)C)c1. The van der Waals surface area contributed by atoms with Crippen LogP contribution in [0.25, 0.3) is 16.6 Å². The number of hydrogen-bond acceptors (Lipinski definition) is 8. The largest absolute Gasteiger partial charge is 0.480 e. The van der Waals surface area contributed by atoms with E-state index in [9.17, 15) is 19.2 Å². The molecule has 47 heavy (non-hydrogen) atoms. The van der Waals surface area contributed by atoms with Crippen LogP contribution in [0.15, 0.2) is 71.5 Å². The maximum absolute atomic E-state index is 13.9. The summed E-state index contributed by atoms with van der Waals surface area (Å²) in [6.07, 6.45) is -0.681. The minimum Gasteiger partial charge on any atom is -0.480 e. The van der Waals surface area contributed by atoms with Crippen LogP contribution in [0.3, 0.4) is 0 Å². The molecule has 1 heterocycles. The molecule has 4 rings (SSSR count). The second-order valence-corrected chi connectivity index (χ2v) is 13.0. The maximum Gasteiger partial charge on any atom is 0.408 e. The minimum absolute atomic E-state index is 0.196. The molecular weight excluding hydrogens is 626 g/mol. The number of ether oxygens (including phenoxy) is 3. The van der Waals surface area contributed by atoms with Gasteiger partial charge < -0.3 is 30.2 Å². The number of nitrogens with zero attached hydrogens (tertiary/aromatic N) is 2. The van der Waals surface area contributed by atoms with Crippen LogP contribution >= 0.6 is 11.6 Å². The molecule has 0 aliphatic heterocycles. The number of amides is 3. The topological polar surface area (TPSA) is 150 Å². The van der Waals surface area contributed by atoms with E-state index in [2.05, 4.69) is 20.9 Å². The molecule has 1 atom stereocenters. The molecule has 3 N–H and O–H groups in total. The molecule has 13 heteroatoms. The first-order valence-electron chi connectivity index (χ1n) is 14.8. The first-order valence-corrected chi connectivity index (χ1v) is 15.2. The molecule has 0 radical (unpaired) electrons. The Morgan fingerprint density at radius 2 is 1.57 bits per heavy atom. The van der Waals surface area contributed by atoms with Crippen molar-refractivity contribution < 1.29 is 28.6 Å². The van der Waals surface area contributed by atoms with Crippen LogP contribution < -0.4 is 26.2 Å². The summed E-state index contributed by atoms with van der Waals surface area (Å²) < 4.78 is 17.6. The highest BCUT2D eigenvalue weighted by Gasteiger charge is 2.24. The van der Waals surface area contributed by atoms with Gasteiger partial charge in [-0.2, -0.15) is 0 Å². The summed E-state index contributed by atoms with van der Waals surface area (Å²) in [5.41, 5.74) is -0.495. The van der Waals surface area contributed by atoms with E-state index in [0.29, 0.717) is 22.6 Å². The lowest BCUT2D eigenvalue weighted by Gasteiger charge is -2.23. The Labute approximate surface area is 277 Å². The third-order valence-corrected chi connectivity index (χ3v) is 6.57. The van der Waals surface area contributed by atoms with Gasteiger partial charge in [0.1, 0.15) is 22.8 Å². The molecular formula is C34H38ClN5O7. The maximum atomic E-state index is 13.9. The van der Waals surface area contributed by atoms with E-state index in [1.165, 1.54) is 4.57 Å². The number of alkyl carbamates (subject to hydrolysis) is 1. The molecule has 0 unspecified atom stereocenters. The number of hydrogen-bond donors (Lipinski definition) is 3. The van der Waals surface area contributed by atoms with Gasteiger partial charge >= 0.3 is 18.1 Å². The lowest BCUT2D eigenvalue weighted by atomic mass is 10.2. The standard InChI is InChI=1S/C34H38ClN5O7/c1-20(36-32(44)47-34(5,6)7)29-38-25-16-11-14-23(35)28(25)30(42)40(29)22-13-10-12-21(18-22)37-31(43)39-24-15-8-9-17-26(24)45-19-27(41)46-33(2,3)4/h8-18,20H,19H2,1-7H3,(H,36,44)(H2,37,39,43)/t20-/m0/s1. The van der Waals surface area contributed by atoms with Crippen molar-refractivity contribution in [1.82, 2.24) is 14.9 Å². The number of carbonyl (C=O) groups excluding carboxylic acids is 3. The van der Waals surface area contributed by atoms with E-state index in [1.54, 1.807) is 115 Å². The summed E-state index contributed by atoms with van der Waals surface area (Å²) >= 11 is 6.42. The summed E-state index contributed by atoms with van der Waals surface area (Å²) in [6, 6.07) is 16.7. The van der Waals surface area contributed by atoms with Crippen LogP contribution in [0.1, 0.15) is 60.3 Å². The zero-order valence-electron chi connectivity index (χ0n) is 27.3. The molecule has 1 aromatic heterocycles. The van der Waals surface area contributed by atoms with Gasteiger partial charge in [0.2, 0.25) is 0 Å². The Bertz CT molecular complexity index is 1860. The number of para-hydroxylation sites is 2. The molecule has 3 aromatic carbocycles.